The van der Waals surface area contributed by atoms with Crippen molar-refractivity contribution in [2.75, 3.05) is 0 Å². The summed E-state index contributed by atoms with van der Waals surface area (Å²) < 4.78 is 6.89. The standard InChI is InChI=1S/C15H12ClN3O2/c1-2-11-9-19(18-17-11)13-7-6-10(16)8-12(13)14-4-3-5-15(20)21-14/h3-9H,2H2,1H3. The minimum absolute atomic E-state index is 0.411. The summed E-state index contributed by atoms with van der Waals surface area (Å²) in [7, 11) is 0. The summed E-state index contributed by atoms with van der Waals surface area (Å²) in [6, 6.07) is 10.0. The smallest absolute Gasteiger partial charge is 0.336 e. The van der Waals surface area contributed by atoms with Gasteiger partial charge in [-0.2, -0.15) is 0 Å². The third kappa shape index (κ3) is 2.73. The van der Waals surface area contributed by atoms with Gasteiger partial charge in [0.2, 0.25) is 0 Å². The van der Waals surface area contributed by atoms with E-state index >= 15 is 0 Å². The van der Waals surface area contributed by atoms with Gasteiger partial charge in [-0.15, -0.1) is 5.10 Å². The predicted molar refractivity (Wildman–Crippen MR) is 79.7 cm³/mol. The molecule has 2 heterocycles. The van der Waals surface area contributed by atoms with Crippen LogP contribution < -0.4 is 5.63 Å². The van der Waals surface area contributed by atoms with Crippen molar-refractivity contribution in [3.8, 4) is 17.0 Å². The van der Waals surface area contributed by atoms with Crippen LogP contribution in [-0.4, -0.2) is 15.0 Å². The van der Waals surface area contributed by atoms with Crippen molar-refractivity contribution in [2.24, 2.45) is 0 Å². The van der Waals surface area contributed by atoms with Gasteiger partial charge in [-0.25, -0.2) is 9.48 Å². The molecule has 0 unspecified atom stereocenters. The van der Waals surface area contributed by atoms with Crippen molar-refractivity contribution >= 4 is 11.6 Å². The second-order valence-corrected chi connectivity index (χ2v) is 4.92. The van der Waals surface area contributed by atoms with E-state index in [2.05, 4.69) is 10.3 Å². The summed E-state index contributed by atoms with van der Waals surface area (Å²) in [6.45, 7) is 2.01. The number of aryl methyl sites for hydroxylation is 1. The number of hydrogen-bond donors (Lipinski definition) is 0. The maximum absolute atomic E-state index is 11.4. The summed E-state index contributed by atoms with van der Waals surface area (Å²) in [5.74, 6) is 0.438. The van der Waals surface area contributed by atoms with Gasteiger partial charge in [-0.05, 0) is 30.7 Å². The van der Waals surface area contributed by atoms with Crippen molar-refractivity contribution < 1.29 is 4.42 Å². The molecule has 0 aliphatic heterocycles. The van der Waals surface area contributed by atoms with Gasteiger partial charge in [0, 0.05) is 16.7 Å². The third-order valence-corrected chi connectivity index (χ3v) is 3.30. The molecule has 0 saturated carbocycles. The molecule has 21 heavy (non-hydrogen) atoms. The SMILES string of the molecule is CCc1cn(-c2ccc(Cl)cc2-c2cccc(=O)o2)nn1. The first-order valence-electron chi connectivity index (χ1n) is 6.49. The van der Waals surface area contributed by atoms with E-state index in [4.69, 9.17) is 16.0 Å². The second-order valence-electron chi connectivity index (χ2n) is 4.48. The zero-order chi connectivity index (χ0) is 14.8. The predicted octanol–water partition coefficient (Wildman–Crippen LogP) is 3.10. The Morgan fingerprint density at radius 2 is 2.14 bits per heavy atom. The van der Waals surface area contributed by atoms with Crippen LogP contribution in [0.5, 0.6) is 0 Å². The Kier molecular flexibility index (Phi) is 3.58. The zero-order valence-electron chi connectivity index (χ0n) is 11.3. The first-order valence-corrected chi connectivity index (χ1v) is 6.87. The van der Waals surface area contributed by atoms with Crippen LogP contribution in [0.1, 0.15) is 12.6 Å². The van der Waals surface area contributed by atoms with Crippen molar-refractivity contribution in [3.05, 3.63) is 63.7 Å². The lowest BCUT2D eigenvalue weighted by Crippen LogP contribution is -2.01. The number of nitrogens with zero attached hydrogens (tertiary/aromatic N) is 3. The van der Waals surface area contributed by atoms with Gasteiger partial charge >= 0.3 is 5.63 Å². The van der Waals surface area contributed by atoms with Gasteiger partial charge in [0.1, 0.15) is 5.76 Å². The van der Waals surface area contributed by atoms with Gasteiger partial charge in [0.25, 0.3) is 0 Å². The maximum atomic E-state index is 11.4. The third-order valence-electron chi connectivity index (χ3n) is 3.06. The van der Waals surface area contributed by atoms with Crippen LogP contribution in [-0.2, 0) is 6.42 Å². The van der Waals surface area contributed by atoms with E-state index in [1.807, 2.05) is 19.2 Å². The molecule has 3 aromatic rings. The molecule has 6 heteroatoms. The topological polar surface area (TPSA) is 60.9 Å². The van der Waals surface area contributed by atoms with E-state index in [1.54, 1.807) is 28.9 Å². The Hall–Kier alpha value is -2.40. The van der Waals surface area contributed by atoms with Crippen molar-refractivity contribution in [2.45, 2.75) is 13.3 Å². The molecular weight excluding hydrogens is 290 g/mol. The minimum atomic E-state index is -0.411. The summed E-state index contributed by atoms with van der Waals surface area (Å²) in [5, 5.41) is 8.72. The fourth-order valence-corrected chi connectivity index (χ4v) is 2.19. The Balaban J connectivity index is 2.19. The Bertz CT molecular complexity index is 839. The van der Waals surface area contributed by atoms with Gasteiger partial charge in [-0.3, -0.25) is 0 Å². The normalized spacial score (nSPS) is 10.8. The number of benzene rings is 1. The highest BCUT2D eigenvalue weighted by atomic mass is 35.5. The monoisotopic (exact) mass is 301 g/mol. The molecule has 3 rings (SSSR count). The van der Waals surface area contributed by atoms with Crippen LogP contribution in [0, 0.1) is 0 Å². The minimum Gasteiger partial charge on any atom is -0.423 e. The Morgan fingerprint density at radius 1 is 1.29 bits per heavy atom. The molecular formula is C15H12ClN3O2. The molecule has 0 fully saturated rings. The Labute approximate surface area is 125 Å². The van der Waals surface area contributed by atoms with E-state index < -0.39 is 5.63 Å². The molecule has 0 aliphatic rings. The lowest BCUT2D eigenvalue weighted by atomic mass is 10.1. The molecule has 0 spiro atoms. The van der Waals surface area contributed by atoms with Crippen molar-refractivity contribution in [1.29, 1.82) is 0 Å². The number of halogens is 1. The fraction of sp³-hybridized carbons (Fsp3) is 0.133. The fourth-order valence-electron chi connectivity index (χ4n) is 2.02. The lowest BCUT2D eigenvalue weighted by molar-refractivity contribution is 0.525. The molecule has 0 radical (unpaired) electrons. The number of hydrogen-bond acceptors (Lipinski definition) is 4. The summed E-state index contributed by atoms with van der Waals surface area (Å²) >= 11 is 6.06. The molecule has 0 aliphatic carbocycles. The highest BCUT2D eigenvalue weighted by molar-refractivity contribution is 6.31. The van der Waals surface area contributed by atoms with Crippen LogP contribution in [0.25, 0.3) is 17.0 Å². The first-order chi connectivity index (χ1) is 10.2. The highest BCUT2D eigenvalue weighted by Gasteiger charge is 2.12. The van der Waals surface area contributed by atoms with Gasteiger partial charge in [-0.1, -0.05) is 29.8 Å². The first kappa shape index (κ1) is 13.6. The molecule has 106 valence electrons. The van der Waals surface area contributed by atoms with Crippen LogP contribution in [0.3, 0.4) is 0 Å². The molecule has 2 aromatic heterocycles. The molecule has 5 nitrogen and oxygen atoms in total. The van der Waals surface area contributed by atoms with E-state index in [0.717, 1.165) is 17.8 Å². The summed E-state index contributed by atoms with van der Waals surface area (Å²) in [5.41, 5.74) is 1.91. The molecule has 0 amide bonds. The van der Waals surface area contributed by atoms with Gasteiger partial charge < -0.3 is 4.42 Å². The summed E-state index contributed by atoms with van der Waals surface area (Å²) in [4.78, 5) is 11.4. The highest BCUT2D eigenvalue weighted by Crippen LogP contribution is 2.28. The molecule has 1 aromatic carbocycles. The van der Waals surface area contributed by atoms with Gasteiger partial charge in [0.15, 0.2) is 0 Å². The van der Waals surface area contributed by atoms with Gasteiger partial charge in [0.05, 0.1) is 17.6 Å². The van der Waals surface area contributed by atoms with E-state index in [9.17, 15) is 4.79 Å². The lowest BCUT2D eigenvalue weighted by Gasteiger charge is -2.08. The molecule has 0 saturated heterocycles. The van der Waals surface area contributed by atoms with Crippen LogP contribution in [0.15, 0.2) is 51.8 Å². The molecule has 0 N–H and O–H groups in total. The largest absolute Gasteiger partial charge is 0.423 e. The quantitative estimate of drug-likeness (QED) is 0.746. The molecule has 0 atom stereocenters. The van der Waals surface area contributed by atoms with Crippen LogP contribution >= 0.6 is 11.6 Å². The molecule has 0 bridgehead atoms. The van der Waals surface area contributed by atoms with Crippen LogP contribution in [0.4, 0.5) is 0 Å². The van der Waals surface area contributed by atoms with Crippen molar-refractivity contribution in [1.82, 2.24) is 15.0 Å². The van der Waals surface area contributed by atoms with E-state index in [0.29, 0.717) is 16.3 Å². The maximum Gasteiger partial charge on any atom is 0.336 e. The Morgan fingerprint density at radius 3 is 2.86 bits per heavy atom. The van der Waals surface area contributed by atoms with E-state index in [1.165, 1.54) is 6.07 Å². The van der Waals surface area contributed by atoms with E-state index in [-0.39, 0.29) is 0 Å². The summed E-state index contributed by atoms with van der Waals surface area (Å²) in [6.07, 6.45) is 2.64. The van der Waals surface area contributed by atoms with Crippen LogP contribution in [0.2, 0.25) is 5.02 Å². The average Bonchev–Trinajstić information content (AvgIpc) is 2.96. The number of rotatable bonds is 3. The second kappa shape index (κ2) is 5.54. The number of aromatic nitrogens is 3. The average molecular weight is 302 g/mol. The zero-order valence-corrected chi connectivity index (χ0v) is 12.0. The van der Waals surface area contributed by atoms with Crippen molar-refractivity contribution in [3.63, 3.8) is 0 Å².